The van der Waals surface area contributed by atoms with Crippen molar-refractivity contribution >= 4 is 0 Å². The predicted molar refractivity (Wildman–Crippen MR) is 76.0 cm³/mol. The number of rotatable bonds is 3. The molecule has 0 amide bonds. The zero-order valence-corrected chi connectivity index (χ0v) is 10.9. The van der Waals surface area contributed by atoms with Gasteiger partial charge < -0.3 is 4.74 Å². The third-order valence-corrected chi connectivity index (χ3v) is 3.17. The Hall–Kier alpha value is -2.62. The lowest BCUT2D eigenvalue weighted by atomic mass is 10.0. The molecule has 0 fully saturated rings. The molecule has 3 rings (SSSR count). The van der Waals surface area contributed by atoms with Crippen LogP contribution >= 0.6 is 0 Å². The van der Waals surface area contributed by atoms with Crippen molar-refractivity contribution in [1.82, 2.24) is 10.2 Å². The molecule has 0 radical (unpaired) electrons. The highest BCUT2D eigenvalue weighted by atomic mass is 19.1. The number of nitrogens with zero attached hydrogens (tertiary/aromatic N) is 1. The molecular weight excluding hydrogens is 255 g/mol. The van der Waals surface area contributed by atoms with E-state index in [1.165, 1.54) is 12.1 Å². The van der Waals surface area contributed by atoms with Crippen molar-refractivity contribution in [3.05, 3.63) is 60.5 Å². The van der Waals surface area contributed by atoms with E-state index in [0.717, 1.165) is 28.1 Å². The second-order valence-electron chi connectivity index (χ2n) is 4.37. The molecule has 100 valence electrons. The van der Waals surface area contributed by atoms with Gasteiger partial charge in [0.15, 0.2) is 0 Å². The fraction of sp³-hybridized carbons (Fsp3) is 0.0625. The van der Waals surface area contributed by atoms with Crippen molar-refractivity contribution in [3.8, 4) is 28.1 Å². The summed E-state index contributed by atoms with van der Waals surface area (Å²) < 4.78 is 18.4. The van der Waals surface area contributed by atoms with E-state index in [1.54, 1.807) is 25.4 Å². The zero-order chi connectivity index (χ0) is 13.9. The Bertz CT molecular complexity index is 719. The maximum absolute atomic E-state index is 13.0. The first-order valence-electron chi connectivity index (χ1n) is 6.22. The van der Waals surface area contributed by atoms with Gasteiger partial charge in [0.25, 0.3) is 0 Å². The summed E-state index contributed by atoms with van der Waals surface area (Å²) in [6, 6.07) is 14.0. The molecule has 1 heterocycles. The van der Waals surface area contributed by atoms with E-state index >= 15 is 0 Å². The van der Waals surface area contributed by atoms with Gasteiger partial charge in [-0.15, -0.1) is 0 Å². The molecule has 3 aromatic rings. The Morgan fingerprint density at radius 2 is 1.75 bits per heavy atom. The number of benzene rings is 2. The molecule has 20 heavy (non-hydrogen) atoms. The SMILES string of the molecule is COc1ccccc1-c1cn[nH]c1-c1ccc(F)cc1. The molecule has 0 saturated heterocycles. The van der Waals surface area contributed by atoms with Gasteiger partial charge in [-0.25, -0.2) is 4.39 Å². The van der Waals surface area contributed by atoms with Crippen LogP contribution in [0.25, 0.3) is 22.4 Å². The highest BCUT2D eigenvalue weighted by molar-refractivity contribution is 5.83. The standard InChI is InChI=1S/C16H13FN2O/c1-20-15-5-3-2-4-13(15)14-10-18-19-16(14)11-6-8-12(17)9-7-11/h2-10H,1H3,(H,18,19). The van der Waals surface area contributed by atoms with E-state index in [-0.39, 0.29) is 5.82 Å². The molecule has 1 aromatic heterocycles. The number of halogens is 1. The number of methoxy groups -OCH3 is 1. The minimum absolute atomic E-state index is 0.257. The fourth-order valence-corrected chi connectivity index (χ4v) is 2.19. The number of H-pyrrole nitrogens is 1. The minimum atomic E-state index is -0.257. The van der Waals surface area contributed by atoms with Gasteiger partial charge in [0, 0.05) is 16.7 Å². The third kappa shape index (κ3) is 2.16. The summed E-state index contributed by atoms with van der Waals surface area (Å²) in [5, 5.41) is 7.06. The molecule has 0 bridgehead atoms. The quantitative estimate of drug-likeness (QED) is 0.782. The van der Waals surface area contributed by atoms with Crippen molar-refractivity contribution < 1.29 is 9.13 Å². The van der Waals surface area contributed by atoms with Gasteiger partial charge in [-0.1, -0.05) is 18.2 Å². The molecule has 0 atom stereocenters. The number of nitrogens with one attached hydrogen (secondary N) is 1. The average molecular weight is 268 g/mol. The van der Waals surface area contributed by atoms with Crippen LogP contribution in [0.3, 0.4) is 0 Å². The van der Waals surface area contributed by atoms with Crippen LogP contribution in [0.2, 0.25) is 0 Å². The summed E-state index contributed by atoms with van der Waals surface area (Å²) in [4.78, 5) is 0. The first kappa shape index (κ1) is 12.4. The summed E-state index contributed by atoms with van der Waals surface area (Å²) in [6.07, 6.45) is 1.75. The monoisotopic (exact) mass is 268 g/mol. The molecule has 0 aliphatic rings. The fourth-order valence-electron chi connectivity index (χ4n) is 2.19. The third-order valence-electron chi connectivity index (χ3n) is 3.17. The van der Waals surface area contributed by atoms with E-state index in [9.17, 15) is 4.39 Å². The van der Waals surface area contributed by atoms with Crippen molar-refractivity contribution in [2.24, 2.45) is 0 Å². The number of hydrogen-bond donors (Lipinski definition) is 1. The summed E-state index contributed by atoms with van der Waals surface area (Å²) in [7, 11) is 1.64. The van der Waals surface area contributed by atoms with Crippen molar-refractivity contribution in [2.75, 3.05) is 7.11 Å². The second kappa shape index (κ2) is 5.17. The Kier molecular flexibility index (Phi) is 3.21. The maximum Gasteiger partial charge on any atom is 0.126 e. The van der Waals surface area contributed by atoms with E-state index in [0.29, 0.717) is 0 Å². The predicted octanol–water partition coefficient (Wildman–Crippen LogP) is 3.89. The van der Waals surface area contributed by atoms with Gasteiger partial charge >= 0.3 is 0 Å². The van der Waals surface area contributed by atoms with Crippen molar-refractivity contribution in [1.29, 1.82) is 0 Å². The zero-order valence-electron chi connectivity index (χ0n) is 10.9. The molecule has 4 heteroatoms. The van der Waals surface area contributed by atoms with Crippen molar-refractivity contribution in [3.63, 3.8) is 0 Å². The molecule has 0 spiro atoms. The lowest BCUT2D eigenvalue weighted by Crippen LogP contribution is -1.88. The van der Waals surface area contributed by atoms with E-state index < -0.39 is 0 Å². The Balaban J connectivity index is 2.13. The van der Waals surface area contributed by atoms with Crippen LogP contribution in [0.5, 0.6) is 5.75 Å². The number of ether oxygens (including phenoxy) is 1. The largest absolute Gasteiger partial charge is 0.496 e. The smallest absolute Gasteiger partial charge is 0.126 e. The van der Waals surface area contributed by atoms with Crippen LogP contribution in [0.1, 0.15) is 0 Å². The Morgan fingerprint density at radius 3 is 2.50 bits per heavy atom. The van der Waals surface area contributed by atoms with Crippen LogP contribution in [-0.2, 0) is 0 Å². The van der Waals surface area contributed by atoms with Gasteiger partial charge in [0.2, 0.25) is 0 Å². The molecule has 0 aliphatic carbocycles. The highest BCUT2D eigenvalue weighted by Crippen LogP contribution is 2.35. The Morgan fingerprint density at radius 1 is 1.00 bits per heavy atom. The van der Waals surface area contributed by atoms with Crippen LogP contribution in [0.15, 0.2) is 54.7 Å². The number of para-hydroxylation sites is 1. The number of hydrogen-bond acceptors (Lipinski definition) is 2. The normalized spacial score (nSPS) is 10.5. The topological polar surface area (TPSA) is 37.9 Å². The lowest BCUT2D eigenvalue weighted by Gasteiger charge is -2.08. The summed E-state index contributed by atoms with van der Waals surface area (Å²) in [6.45, 7) is 0. The van der Waals surface area contributed by atoms with Gasteiger partial charge in [0.05, 0.1) is 19.0 Å². The Labute approximate surface area is 116 Å². The summed E-state index contributed by atoms with van der Waals surface area (Å²) in [5.41, 5.74) is 3.59. The van der Waals surface area contributed by atoms with Crippen LogP contribution in [-0.4, -0.2) is 17.3 Å². The van der Waals surface area contributed by atoms with Crippen molar-refractivity contribution in [2.45, 2.75) is 0 Å². The molecular formula is C16H13FN2O. The number of aromatic amines is 1. The lowest BCUT2D eigenvalue weighted by molar-refractivity contribution is 0.416. The highest BCUT2D eigenvalue weighted by Gasteiger charge is 2.13. The average Bonchev–Trinajstić information content (AvgIpc) is 2.97. The van der Waals surface area contributed by atoms with Gasteiger partial charge in [-0.3, -0.25) is 5.10 Å². The van der Waals surface area contributed by atoms with E-state index in [1.807, 2.05) is 24.3 Å². The van der Waals surface area contributed by atoms with Gasteiger partial charge in [-0.2, -0.15) is 5.10 Å². The second-order valence-corrected chi connectivity index (χ2v) is 4.37. The molecule has 0 saturated carbocycles. The summed E-state index contributed by atoms with van der Waals surface area (Å²) >= 11 is 0. The van der Waals surface area contributed by atoms with Gasteiger partial charge in [0.1, 0.15) is 11.6 Å². The van der Waals surface area contributed by atoms with E-state index in [4.69, 9.17) is 4.74 Å². The molecule has 3 nitrogen and oxygen atoms in total. The van der Waals surface area contributed by atoms with Gasteiger partial charge in [-0.05, 0) is 30.3 Å². The van der Waals surface area contributed by atoms with E-state index in [2.05, 4.69) is 10.2 Å². The van der Waals surface area contributed by atoms with Crippen LogP contribution in [0.4, 0.5) is 4.39 Å². The van der Waals surface area contributed by atoms with Crippen LogP contribution < -0.4 is 4.74 Å². The van der Waals surface area contributed by atoms with Crippen LogP contribution in [0, 0.1) is 5.82 Å². The first-order valence-corrected chi connectivity index (χ1v) is 6.22. The molecule has 1 N–H and O–H groups in total. The molecule has 0 aliphatic heterocycles. The summed E-state index contributed by atoms with van der Waals surface area (Å²) in [5.74, 6) is 0.518. The molecule has 2 aromatic carbocycles. The minimum Gasteiger partial charge on any atom is -0.496 e. The number of aromatic nitrogens is 2. The first-order chi connectivity index (χ1) is 9.79. The maximum atomic E-state index is 13.0. The molecule has 0 unspecified atom stereocenters.